The van der Waals surface area contributed by atoms with Gasteiger partial charge < -0.3 is 20.5 Å². The van der Waals surface area contributed by atoms with E-state index in [4.69, 9.17) is 15.9 Å². The van der Waals surface area contributed by atoms with Gasteiger partial charge >= 0.3 is 11.9 Å². The van der Waals surface area contributed by atoms with Gasteiger partial charge in [-0.1, -0.05) is 12.1 Å². The molecule has 1 aliphatic rings. The number of imidazole rings is 1. The molecule has 3 rings (SSSR count). The number of benzene rings is 1. The summed E-state index contributed by atoms with van der Waals surface area (Å²) in [6.45, 7) is 1.01. The van der Waals surface area contributed by atoms with Crippen LogP contribution in [-0.4, -0.2) is 37.6 Å². The first-order valence-electron chi connectivity index (χ1n) is 7.89. The first kappa shape index (κ1) is 18.9. The second kappa shape index (κ2) is 8.61. The van der Waals surface area contributed by atoms with Crippen molar-refractivity contribution in [2.45, 2.75) is 25.3 Å². The molecule has 0 aliphatic carbocycles. The molecule has 1 amide bonds. The minimum absolute atomic E-state index is 0.372. The number of rotatable bonds is 4. The average Bonchev–Trinajstić information content (AvgIpc) is 3.08. The van der Waals surface area contributed by atoms with Crippen LogP contribution in [0.3, 0.4) is 0 Å². The van der Waals surface area contributed by atoms with Crippen molar-refractivity contribution < 1.29 is 24.6 Å². The van der Waals surface area contributed by atoms with Crippen molar-refractivity contribution in [3.8, 4) is 0 Å². The number of primary amides is 1. The first-order chi connectivity index (χ1) is 12.4. The highest BCUT2D eigenvalue weighted by atomic mass is 16.4. The lowest BCUT2D eigenvalue weighted by Gasteiger charge is -2.24. The van der Waals surface area contributed by atoms with Gasteiger partial charge in [-0.3, -0.25) is 4.79 Å². The van der Waals surface area contributed by atoms with Crippen LogP contribution in [0, 0.1) is 0 Å². The predicted octanol–water partition coefficient (Wildman–Crippen LogP) is 1.42. The Morgan fingerprint density at radius 1 is 1.12 bits per heavy atom. The summed E-state index contributed by atoms with van der Waals surface area (Å²) in [7, 11) is 0. The van der Waals surface area contributed by atoms with Gasteiger partial charge in [-0.2, -0.15) is 0 Å². The van der Waals surface area contributed by atoms with Crippen LogP contribution in [-0.2, 0) is 22.6 Å². The number of carbonyl (C=O) groups is 3. The molecule has 26 heavy (non-hydrogen) atoms. The Labute approximate surface area is 149 Å². The smallest absolute Gasteiger partial charge is 0.328 e. The number of aromatic nitrogens is 2. The number of carboxylic acids is 2. The van der Waals surface area contributed by atoms with E-state index in [2.05, 4.69) is 9.55 Å². The zero-order valence-electron chi connectivity index (χ0n) is 13.9. The molecule has 0 saturated carbocycles. The number of carboxylic acid groups (broad SMARTS) is 2. The minimum atomic E-state index is -1.26. The summed E-state index contributed by atoms with van der Waals surface area (Å²) in [6, 6.07) is 7.64. The van der Waals surface area contributed by atoms with Crippen LogP contribution in [0.5, 0.6) is 0 Å². The standard InChI is InChI=1S/C14H15N3O.C4H4O4/c15-14(18)11-3-1-10(2-4-11)12-5-6-17-9-16-8-13(17)7-12;5-3(6)1-2-4(7)8/h1-4,8-9,12H,5-7H2,(H2,15,18);1-2H,(H,5,6)(H,7,8). The normalized spacial score (nSPS) is 15.6. The molecule has 2 aromatic rings. The van der Waals surface area contributed by atoms with Crippen LogP contribution in [0.1, 0.15) is 34.0 Å². The lowest BCUT2D eigenvalue weighted by Crippen LogP contribution is -2.17. The number of nitrogens with zero attached hydrogens (tertiary/aromatic N) is 2. The third-order valence-corrected chi connectivity index (χ3v) is 4.01. The second-order valence-corrected chi connectivity index (χ2v) is 5.76. The fourth-order valence-corrected chi connectivity index (χ4v) is 2.72. The van der Waals surface area contributed by atoms with Crippen molar-refractivity contribution in [2.75, 3.05) is 0 Å². The second-order valence-electron chi connectivity index (χ2n) is 5.76. The van der Waals surface area contributed by atoms with Gasteiger partial charge in [0.1, 0.15) is 0 Å². The number of aliphatic carboxylic acids is 2. The summed E-state index contributed by atoms with van der Waals surface area (Å²) in [4.78, 5) is 34.3. The number of amides is 1. The van der Waals surface area contributed by atoms with Crippen molar-refractivity contribution in [2.24, 2.45) is 5.73 Å². The fourth-order valence-electron chi connectivity index (χ4n) is 2.72. The third-order valence-electron chi connectivity index (χ3n) is 4.01. The summed E-state index contributed by atoms with van der Waals surface area (Å²) >= 11 is 0. The maximum atomic E-state index is 11.0. The third kappa shape index (κ3) is 5.30. The summed E-state index contributed by atoms with van der Waals surface area (Å²) in [5.41, 5.74) is 8.36. The minimum Gasteiger partial charge on any atom is -0.478 e. The number of carbonyl (C=O) groups excluding carboxylic acids is 1. The van der Waals surface area contributed by atoms with Gasteiger partial charge in [-0.25, -0.2) is 14.6 Å². The van der Waals surface area contributed by atoms with Crippen molar-refractivity contribution >= 4 is 17.8 Å². The van der Waals surface area contributed by atoms with E-state index < -0.39 is 11.9 Å². The molecule has 136 valence electrons. The lowest BCUT2D eigenvalue weighted by atomic mass is 9.88. The van der Waals surface area contributed by atoms with Crippen LogP contribution in [0.2, 0.25) is 0 Å². The van der Waals surface area contributed by atoms with E-state index in [1.165, 1.54) is 11.3 Å². The molecular weight excluding hydrogens is 338 g/mol. The Morgan fingerprint density at radius 2 is 1.73 bits per heavy atom. The molecule has 0 saturated heterocycles. The van der Waals surface area contributed by atoms with Crippen LogP contribution in [0.4, 0.5) is 0 Å². The van der Waals surface area contributed by atoms with E-state index in [1.54, 1.807) is 0 Å². The van der Waals surface area contributed by atoms with E-state index in [9.17, 15) is 14.4 Å². The monoisotopic (exact) mass is 357 g/mol. The Morgan fingerprint density at radius 3 is 2.27 bits per heavy atom. The van der Waals surface area contributed by atoms with E-state index in [0.29, 0.717) is 23.6 Å². The highest BCUT2D eigenvalue weighted by molar-refractivity contribution is 5.92. The molecule has 4 N–H and O–H groups in total. The van der Waals surface area contributed by atoms with Crippen molar-refractivity contribution in [3.05, 3.63) is 65.8 Å². The molecule has 0 bridgehead atoms. The highest BCUT2D eigenvalue weighted by Gasteiger charge is 2.20. The SMILES string of the molecule is NC(=O)c1ccc(C2CCn3cncc3C2)cc1.O=C(O)C=CC(=O)O. The lowest BCUT2D eigenvalue weighted by molar-refractivity contribution is -0.134. The number of nitrogens with two attached hydrogens (primary N) is 1. The van der Waals surface area contributed by atoms with E-state index >= 15 is 0 Å². The number of hydrogen-bond acceptors (Lipinski definition) is 4. The van der Waals surface area contributed by atoms with Crippen molar-refractivity contribution in [1.82, 2.24) is 9.55 Å². The first-order valence-corrected chi connectivity index (χ1v) is 7.89. The van der Waals surface area contributed by atoms with E-state index in [1.807, 2.05) is 36.8 Å². The molecule has 1 aromatic carbocycles. The summed E-state index contributed by atoms with van der Waals surface area (Å²) in [5, 5.41) is 15.6. The predicted molar refractivity (Wildman–Crippen MR) is 92.7 cm³/mol. The maximum absolute atomic E-state index is 11.0. The topological polar surface area (TPSA) is 136 Å². The Hall–Kier alpha value is -3.42. The average molecular weight is 357 g/mol. The number of aryl methyl sites for hydroxylation is 1. The molecular formula is C18H19N3O5. The molecule has 1 aliphatic heterocycles. The van der Waals surface area contributed by atoms with Crippen LogP contribution < -0.4 is 5.73 Å². The van der Waals surface area contributed by atoms with Crippen molar-refractivity contribution in [3.63, 3.8) is 0 Å². The molecule has 8 nitrogen and oxygen atoms in total. The molecule has 1 unspecified atom stereocenters. The molecule has 0 radical (unpaired) electrons. The molecule has 0 spiro atoms. The summed E-state index contributed by atoms with van der Waals surface area (Å²) in [6.07, 6.45) is 7.06. The van der Waals surface area contributed by atoms with Gasteiger partial charge in [-0.15, -0.1) is 0 Å². The Balaban J connectivity index is 0.000000260. The summed E-state index contributed by atoms with van der Waals surface area (Å²) < 4.78 is 2.20. The van der Waals surface area contributed by atoms with Gasteiger partial charge in [0.05, 0.1) is 6.33 Å². The van der Waals surface area contributed by atoms with Gasteiger partial charge in [-0.05, 0) is 36.5 Å². The number of hydrogen-bond donors (Lipinski definition) is 3. The largest absolute Gasteiger partial charge is 0.478 e. The van der Waals surface area contributed by atoms with Crippen LogP contribution >= 0.6 is 0 Å². The zero-order chi connectivity index (χ0) is 19.1. The molecule has 0 fully saturated rings. The molecule has 1 atom stereocenters. The van der Waals surface area contributed by atoms with Gasteiger partial charge in [0, 0.05) is 36.2 Å². The molecule has 8 heteroatoms. The van der Waals surface area contributed by atoms with Crippen LogP contribution in [0.25, 0.3) is 0 Å². The zero-order valence-corrected chi connectivity index (χ0v) is 13.9. The van der Waals surface area contributed by atoms with Crippen LogP contribution in [0.15, 0.2) is 48.9 Å². The summed E-state index contributed by atoms with van der Waals surface area (Å²) in [5.74, 6) is -2.38. The molecule has 1 aromatic heterocycles. The van der Waals surface area contributed by atoms with Gasteiger partial charge in [0.25, 0.3) is 0 Å². The quantitative estimate of drug-likeness (QED) is 0.708. The Kier molecular flexibility index (Phi) is 6.26. The van der Waals surface area contributed by atoms with Crippen molar-refractivity contribution in [1.29, 1.82) is 0 Å². The highest BCUT2D eigenvalue weighted by Crippen LogP contribution is 2.29. The maximum Gasteiger partial charge on any atom is 0.328 e. The van der Waals surface area contributed by atoms with Gasteiger partial charge in [0.2, 0.25) is 5.91 Å². The Bertz CT molecular complexity index is 808. The van der Waals surface area contributed by atoms with E-state index in [-0.39, 0.29) is 5.91 Å². The molecule has 2 heterocycles. The number of fused-ring (bicyclic) bond motifs is 1. The van der Waals surface area contributed by atoms with Gasteiger partial charge in [0.15, 0.2) is 0 Å². The van der Waals surface area contributed by atoms with E-state index in [0.717, 1.165) is 19.4 Å². The fraction of sp³-hybridized carbons (Fsp3) is 0.222.